The number of halogens is 1. The summed E-state index contributed by atoms with van der Waals surface area (Å²) in [5.41, 5.74) is 0.537. The Morgan fingerprint density at radius 3 is 2.24 bits per heavy atom. The van der Waals surface area contributed by atoms with E-state index in [9.17, 15) is 0 Å². The van der Waals surface area contributed by atoms with Gasteiger partial charge >= 0.3 is 0 Å². The molecule has 17 heavy (non-hydrogen) atoms. The Hall–Kier alpha value is 0.400. The van der Waals surface area contributed by atoms with E-state index in [0.717, 1.165) is 13.1 Å². The molecule has 1 saturated heterocycles. The van der Waals surface area contributed by atoms with Crippen molar-refractivity contribution in [3.8, 4) is 0 Å². The molecule has 2 atom stereocenters. The van der Waals surface area contributed by atoms with Crippen molar-refractivity contribution < 1.29 is 4.74 Å². The van der Waals surface area contributed by atoms with Crippen molar-refractivity contribution in [1.82, 2.24) is 4.90 Å². The molecule has 1 heterocycles. The second-order valence-corrected chi connectivity index (χ2v) is 6.71. The standard InChI is InChI=1S/C14H26BrNO/c1-12-8-16(9-13(2)17-12)11-14(10-15)6-4-3-5-7-14/h12-13H,3-11H2,1-2H3. The molecule has 0 bridgehead atoms. The van der Waals surface area contributed by atoms with Gasteiger partial charge in [0.2, 0.25) is 0 Å². The van der Waals surface area contributed by atoms with Gasteiger partial charge in [0.15, 0.2) is 0 Å². The van der Waals surface area contributed by atoms with E-state index in [2.05, 4.69) is 34.7 Å². The minimum atomic E-state index is 0.398. The van der Waals surface area contributed by atoms with E-state index in [4.69, 9.17) is 4.74 Å². The van der Waals surface area contributed by atoms with Crippen LogP contribution in [0.15, 0.2) is 0 Å². The number of rotatable bonds is 3. The minimum Gasteiger partial charge on any atom is -0.373 e. The summed E-state index contributed by atoms with van der Waals surface area (Å²) in [6, 6.07) is 0. The highest BCUT2D eigenvalue weighted by Gasteiger charge is 2.34. The Morgan fingerprint density at radius 2 is 1.71 bits per heavy atom. The van der Waals surface area contributed by atoms with E-state index >= 15 is 0 Å². The predicted molar refractivity (Wildman–Crippen MR) is 75.8 cm³/mol. The molecule has 0 aromatic carbocycles. The molecule has 0 aromatic rings. The lowest BCUT2D eigenvalue weighted by Crippen LogP contribution is -2.50. The van der Waals surface area contributed by atoms with Crippen LogP contribution < -0.4 is 0 Å². The molecule has 2 unspecified atom stereocenters. The molecule has 2 nitrogen and oxygen atoms in total. The van der Waals surface area contributed by atoms with Crippen LogP contribution in [0.3, 0.4) is 0 Å². The van der Waals surface area contributed by atoms with E-state index in [-0.39, 0.29) is 0 Å². The highest BCUT2D eigenvalue weighted by atomic mass is 79.9. The molecular formula is C14H26BrNO. The first-order valence-corrected chi connectivity index (χ1v) is 8.19. The molecule has 0 N–H and O–H groups in total. The highest BCUT2D eigenvalue weighted by Crippen LogP contribution is 2.39. The topological polar surface area (TPSA) is 12.5 Å². The molecule has 2 aliphatic rings. The maximum absolute atomic E-state index is 5.82. The Labute approximate surface area is 114 Å². The average molecular weight is 304 g/mol. The Bertz CT molecular complexity index is 230. The molecule has 2 rings (SSSR count). The summed E-state index contributed by atoms with van der Waals surface area (Å²) in [7, 11) is 0. The van der Waals surface area contributed by atoms with Crippen LogP contribution >= 0.6 is 15.9 Å². The lowest BCUT2D eigenvalue weighted by Gasteiger charge is -2.43. The third-order valence-electron chi connectivity index (χ3n) is 4.25. The first-order chi connectivity index (χ1) is 8.13. The van der Waals surface area contributed by atoms with Gasteiger partial charge in [0.25, 0.3) is 0 Å². The second kappa shape index (κ2) is 6.03. The fourth-order valence-corrected chi connectivity index (χ4v) is 4.26. The van der Waals surface area contributed by atoms with Gasteiger partial charge in [-0.3, -0.25) is 4.90 Å². The van der Waals surface area contributed by atoms with Crippen molar-refractivity contribution in [1.29, 1.82) is 0 Å². The lowest BCUT2D eigenvalue weighted by molar-refractivity contribution is -0.0784. The molecule has 0 aromatic heterocycles. The van der Waals surface area contributed by atoms with Crippen LogP contribution in [0.4, 0.5) is 0 Å². The summed E-state index contributed by atoms with van der Waals surface area (Å²) in [6.07, 6.45) is 7.87. The van der Waals surface area contributed by atoms with Gasteiger partial charge in [0.05, 0.1) is 12.2 Å². The van der Waals surface area contributed by atoms with Crippen molar-refractivity contribution in [2.24, 2.45) is 5.41 Å². The maximum atomic E-state index is 5.82. The number of hydrogen-bond donors (Lipinski definition) is 0. The van der Waals surface area contributed by atoms with Crippen LogP contribution in [0.5, 0.6) is 0 Å². The third kappa shape index (κ3) is 3.68. The fourth-order valence-electron chi connectivity index (χ4n) is 3.52. The Balaban J connectivity index is 1.93. The summed E-state index contributed by atoms with van der Waals surface area (Å²) in [5, 5.41) is 1.17. The highest BCUT2D eigenvalue weighted by molar-refractivity contribution is 9.09. The molecular weight excluding hydrogens is 278 g/mol. The van der Waals surface area contributed by atoms with Crippen molar-refractivity contribution in [3.05, 3.63) is 0 Å². The van der Waals surface area contributed by atoms with Crippen molar-refractivity contribution >= 4 is 15.9 Å². The van der Waals surface area contributed by atoms with Gasteiger partial charge in [0.1, 0.15) is 0 Å². The summed E-state index contributed by atoms with van der Waals surface area (Å²) in [4.78, 5) is 2.63. The molecule has 1 aliphatic carbocycles. The normalized spacial score (nSPS) is 34.8. The van der Waals surface area contributed by atoms with Crippen LogP contribution in [-0.4, -0.2) is 42.1 Å². The first-order valence-electron chi connectivity index (χ1n) is 7.07. The molecule has 0 radical (unpaired) electrons. The number of nitrogens with zero attached hydrogens (tertiary/aromatic N) is 1. The van der Waals surface area contributed by atoms with Gasteiger partial charge in [-0.1, -0.05) is 35.2 Å². The van der Waals surface area contributed by atoms with Gasteiger partial charge in [-0.15, -0.1) is 0 Å². The van der Waals surface area contributed by atoms with Gasteiger partial charge < -0.3 is 4.74 Å². The van der Waals surface area contributed by atoms with Crippen molar-refractivity contribution in [3.63, 3.8) is 0 Å². The third-order valence-corrected chi connectivity index (χ3v) is 5.44. The largest absolute Gasteiger partial charge is 0.373 e. The van der Waals surface area contributed by atoms with Crippen LogP contribution in [0.25, 0.3) is 0 Å². The maximum Gasteiger partial charge on any atom is 0.0678 e. The molecule has 1 saturated carbocycles. The van der Waals surface area contributed by atoms with E-state index in [1.807, 2.05) is 0 Å². The average Bonchev–Trinajstić information content (AvgIpc) is 2.29. The Kier molecular flexibility index (Phi) is 4.90. The van der Waals surface area contributed by atoms with Crippen molar-refractivity contribution in [2.75, 3.05) is 25.0 Å². The van der Waals surface area contributed by atoms with Gasteiger partial charge in [-0.2, -0.15) is 0 Å². The zero-order valence-electron chi connectivity index (χ0n) is 11.3. The first kappa shape index (κ1) is 13.8. The summed E-state index contributed by atoms with van der Waals surface area (Å²) >= 11 is 3.77. The summed E-state index contributed by atoms with van der Waals surface area (Å²) in [6.45, 7) is 7.88. The van der Waals surface area contributed by atoms with Crippen LogP contribution in [-0.2, 0) is 4.74 Å². The minimum absolute atomic E-state index is 0.398. The number of hydrogen-bond acceptors (Lipinski definition) is 2. The van der Waals surface area contributed by atoms with E-state index in [1.54, 1.807) is 0 Å². The molecule has 0 amide bonds. The van der Waals surface area contributed by atoms with Crippen LogP contribution in [0.2, 0.25) is 0 Å². The molecule has 100 valence electrons. The van der Waals surface area contributed by atoms with Crippen LogP contribution in [0, 0.1) is 5.41 Å². The van der Waals surface area contributed by atoms with Gasteiger partial charge in [0, 0.05) is 25.0 Å². The van der Waals surface area contributed by atoms with Gasteiger partial charge in [-0.05, 0) is 32.1 Å². The number of ether oxygens (including phenoxy) is 1. The predicted octanol–water partition coefficient (Wildman–Crippen LogP) is 3.44. The van der Waals surface area contributed by atoms with Crippen molar-refractivity contribution in [2.45, 2.75) is 58.2 Å². The smallest absolute Gasteiger partial charge is 0.0678 e. The monoisotopic (exact) mass is 303 g/mol. The van der Waals surface area contributed by atoms with Gasteiger partial charge in [-0.25, -0.2) is 0 Å². The number of morpholine rings is 1. The quantitative estimate of drug-likeness (QED) is 0.741. The lowest BCUT2D eigenvalue weighted by atomic mass is 9.75. The Morgan fingerprint density at radius 1 is 1.12 bits per heavy atom. The van der Waals surface area contributed by atoms with Crippen LogP contribution in [0.1, 0.15) is 46.0 Å². The molecule has 2 fully saturated rings. The summed E-state index contributed by atoms with van der Waals surface area (Å²) in [5.74, 6) is 0. The second-order valence-electron chi connectivity index (χ2n) is 6.15. The zero-order chi connectivity index (χ0) is 12.3. The summed E-state index contributed by atoms with van der Waals surface area (Å²) < 4.78 is 5.82. The zero-order valence-corrected chi connectivity index (χ0v) is 12.8. The van der Waals surface area contributed by atoms with E-state index in [0.29, 0.717) is 17.6 Å². The SMILES string of the molecule is CC1CN(CC2(CBr)CCCCC2)CC(C)O1. The van der Waals surface area contributed by atoms with E-state index in [1.165, 1.54) is 44.0 Å². The molecule has 3 heteroatoms. The molecule has 1 aliphatic heterocycles. The molecule has 0 spiro atoms. The number of alkyl halides is 1. The fraction of sp³-hybridized carbons (Fsp3) is 1.00. The van der Waals surface area contributed by atoms with E-state index < -0.39 is 0 Å².